The van der Waals surface area contributed by atoms with Gasteiger partial charge in [-0.3, -0.25) is 9.59 Å². The lowest BCUT2D eigenvalue weighted by molar-refractivity contribution is -0.141. The van der Waals surface area contributed by atoms with Gasteiger partial charge in [-0.2, -0.15) is 0 Å². The number of ether oxygens (including phenoxy) is 1. The normalized spacial score (nSPS) is 8.93. The lowest BCUT2D eigenvalue weighted by Gasteiger charge is -2.03. The number of nitrogens with zero attached hydrogens (tertiary/aromatic N) is 1. The fraction of sp³-hybridized carbons (Fsp3) is 0.250. The molecular weight excluding hydrogens is 208 g/mol. The number of hydrogen-bond donors (Lipinski definition) is 1. The SMILES string of the molecule is COC(=O)Cn1cc(N)ccc1=O.Cl. The third kappa shape index (κ3) is 3.10. The van der Waals surface area contributed by atoms with Gasteiger partial charge in [0.25, 0.3) is 5.56 Å². The molecule has 14 heavy (non-hydrogen) atoms. The molecule has 0 bridgehead atoms. The van der Waals surface area contributed by atoms with Crippen molar-refractivity contribution < 1.29 is 9.53 Å². The number of methoxy groups -OCH3 is 1. The maximum Gasteiger partial charge on any atom is 0.325 e. The summed E-state index contributed by atoms with van der Waals surface area (Å²) in [4.78, 5) is 21.9. The summed E-state index contributed by atoms with van der Waals surface area (Å²) in [6.07, 6.45) is 1.40. The lowest BCUT2D eigenvalue weighted by atomic mass is 10.4. The molecule has 0 unspecified atom stereocenters. The first-order chi connectivity index (χ1) is 6.13. The third-order valence-corrected chi connectivity index (χ3v) is 1.53. The molecule has 6 heteroatoms. The summed E-state index contributed by atoms with van der Waals surface area (Å²) in [5, 5.41) is 0. The van der Waals surface area contributed by atoms with E-state index < -0.39 is 5.97 Å². The van der Waals surface area contributed by atoms with Crippen molar-refractivity contribution in [1.29, 1.82) is 0 Å². The Kier molecular flexibility index (Phi) is 4.72. The number of halogens is 1. The van der Waals surface area contributed by atoms with E-state index in [1.807, 2.05) is 0 Å². The predicted octanol–water partition coefficient (Wildman–Crippen LogP) is 0.0253. The minimum atomic E-state index is -0.479. The maximum absolute atomic E-state index is 11.1. The van der Waals surface area contributed by atoms with Crippen LogP contribution in [0.4, 0.5) is 5.69 Å². The summed E-state index contributed by atoms with van der Waals surface area (Å²) in [6, 6.07) is 2.79. The number of rotatable bonds is 2. The van der Waals surface area contributed by atoms with Crippen molar-refractivity contribution in [2.75, 3.05) is 12.8 Å². The first kappa shape index (κ1) is 12.5. The molecule has 1 aromatic rings. The van der Waals surface area contributed by atoms with E-state index >= 15 is 0 Å². The zero-order chi connectivity index (χ0) is 9.84. The summed E-state index contributed by atoms with van der Waals surface area (Å²) in [5.74, 6) is -0.479. The molecule has 0 atom stereocenters. The molecule has 0 aliphatic heterocycles. The number of pyridine rings is 1. The van der Waals surface area contributed by atoms with E-state index in [9.17, 15) is 9.59 Å². The highest BCUT2D eigenvalue weighted by Gasteiger charge is 2.03. The molecule has 5 nitrogen and oxygen atoms in total. The maximum atomic E-state index is 11.1. The van der Waals surface area contributed by atoms with Crippen molar-refractivity contribution in [3.05, 3.63) is 28.7 Å². The van der Waals surface area contributed by atoms with Crippen LogP contribution in [0.25, 0.3) is 0 Å². The van der Waals surface area contributed by atoms with Gasteiger partial charge in [-0.25, -0.2) is 0 Å². The molecule has 0 aliphatic carbocycles. The number of carbonyl (C=O) groups is 1. The second-order valence-electron chi connectivity index (χ2n) is 2.50. The van der Waals surface area contributed by atoms with Crippen LogP contribution in [0, 0.1) is 0 Å². The molecule has 0 radical (unpaired) electrons. The Hall–Kier alpha value is -1.49. The standard InChI is InChI=1S/C8H10N2O3.ClH/c1-13-8(12)5-10-4-6(9)2-3-7(10)11;/h2-4H,5,9H2,1H3;1H. The van der Waals surface area contributed by atoms with Crippen molar-refractivity contribution in [1.82, 2.24) is 4.57 Å². The second-order valence-corrected chi connectivity index (χ2v) is 2.50. The van der Waals surface area contributed by atoms with Crippen LogP contribution in [0.5, 0.6) is 0 Å². The van der Waals surface area contributed by atoms with Crippen LogP contribution in [-0.4, -0.2) is 17.6 Å². The average Bonchev–Trinajstić information content (AvgIpc) is 2.11. The molecule has 1 heterocycles. The van der Waals surface area contributed by atoms with Crippen LogP contribution in [0.2, 0.25) is 0 Å². The molecule has 0 aliphatic rings. The van der Waals surface area contributed by atoms with Crippen molar-refractivity contribution in [2.45, 2.75) is 6.54 Å². The molecule has 0 saturated heterocycles. The fourth-order valence-corrected chi connectivity index (χ4v) is 0.877. The van der Waals surface area contributed by atoms with Crippen LogP contribution in [0.1, 0.15) is 0 Å². The van der Waals surface area contributed by atoms with E-state index in [4.69, 9.17) is 5.73 Å². The van der Waals surface area contributed by atoms with Crippen LogP contribution < -0.4 is 11.3 Å². The number of aromatic nitrogens is 1. The van der Waals surface area contributed by atoms with E-state index in [-0.39, 0.29) is 24.5 Å². The molecule has 2 N–H and O–H groups in total. The van der Waals surface area contributed by atoms with Gasteiger partial charge in [-0.15, -0.1) is 12.4 Å². The Morgan fingerprint density at radius 1 is 1.57 bits per heavy atom. The summed E-state index contributed by atoms with van der Waals surface area (Å²) in [5.41, 5.74) is 5.59. The van der Waals surface area contributed by atoms with Gasteiger partial charge >= 0.3 is 5.97 Å². The van der Waals surface area contributed by atoms with E-state index in [2.05, 4.69) is 4.74 Å². The first-order valence-electron chi connectivity index (χ1n) is 3.66. The quantitative estimate of drug-likeness (QED) is 0.711. The average molecular weight is 219 g/mol. The lowest BCUT2D eigenvalue weighted by Crippen LogP contribution is -2.23. The van der Waals surface area contributed by atoms with Crippen molar-refractivity contribution in [3.63, 3.8) is 0 Å². The molecule has 78 valence electrons. The number of esters is 1. The van der Waals surface area contributed by atoms with E-state index in [0.29, 0.717) is 5.69 Å². The van der Waals surface area contributed by atoms with Gasteiger partial charge in [0.05, 0.1) is 7.11 Å². The van der Waals surface area contributed by atoms with Crippen molar-refractivity contribution >= 4 is 24.1 Å². The van der Waals surface area contributed by atoms with Gasteiger partial charge in [0, 0.05) is 18.0 Å². The molecule has 0 fully saturated rings. The predicted molar refractivity (Wildman–Crippen MR) is 54.4 cm³/mol. The number of nitrogen functional groups attached to an aromatic ring is 1. The van der Waals surface area contributed by atoms with Gasteiger partial charge < -0.3 is 15.0 Å². The van der Waals surface area contributed by atoms with E-state index in [1.165, 1.54) is 30.0 Å². The molecule has 1 aromatic heterocycles. The van der Waals surface area contributed by atoms with Gasteiger partial charge in [-0.1, -0.05) is 0 Å². The largest absolute Gasteiger partial charge is 0.468 e. The highest BCUT2D eigenvalue weighted by molar-refractivity contribution is 5.85. The zero-order valence-corrected chi connectivity index (χ0v) is 8.41. The second kappa shape index (κ2) is 5.29. The molecule has 0 spiro atoms. The van der Waals surface area contributed by atoms with Crippen LogP contribution >= 0.6 is 12.4 Å². The Bertz CT molecular complexity index is 375. The van der Waals surface area contributed by atoms with Crippen molar-refractivity contribution in [3.8, 4) is 0 Å². The highest BCUT2D eigenvalue weighted by Crippen LogP contribution is 1.95. The fourth-order valence-electron chi connectivity index (χ4n) is 0.877. The smallest absolute Gasteiger partial charge is 0.325 e. The van der Waals surface area contributed by atoms with Gasteiger partial charge in [0.2, 0.25) is 0 Å². The minimum absolute atomic E-state index is 0. The van der Waals surface area contributed by atoms with Crippen molar-refractivity contribution in [2.24, 2.45) is 0 Å². The summed E-state index contributed by atoms with van der Waals surface area (Å²) >= 11 is 0. The molecule has 1 rings (SSSR count). The number of anilines is 1. The highest BCUT2D eigenvalue weighted by atomic mass is 35.5. The third-order valence-electron chi connectivity index (χ3n) is 1.53. The molecule has 0 saturated carbocycles. The van der Waals surface area contributed by atoms with Gasteiger partial charge in [0.1, 0.15) is 6.54 Å². The van der Waals surface area contributed by atoms with E-state index in [1.54, 1.807) is 0 Å². The first-order valence-corrected chi connectivity index (χ1v) is 3.66. The number of hydrogen-bond acceptors (Lipinski definition) is 4. The monoisotopic (exact) mass is 218 g/mol. The Morgan fingerprint density at radius 2 is 2.21 bits per heavy atom. The minimum Gasteiger partial charge on any atom is -0.468 e. The topological polar surface area (TPSA) is 74.3 Å². The summed E-state index contributed by atoms with van der Waals surface area (Å²) in [6.45, 7) is -0.111. The molecule has 0 amide bonds. The zero-order valence-electron chi connectivity index (χ0n) is 7.60. The Labute approximate surface area is 86.9 Å². The number of carbonyl (C=O) groups excluding carboxylic acids is 1. The van der Waals surface area contributed by atoms with Crippen LogP contribution in [-0.2, 0) is 16.1 Å². The Morgan fingerprint density at radius 3 is 2.79 bits per heavy atom. The van der Waals surface area contributed by atoms with E-state index in [0.717, 1.165) is 0 Å². The van der Waals surface area contributed by atoms with Crippen LogP contribution in [0.15, 0.2) is 23.1 Å². The molecule has 0 aromatic carbocycles. The van der Waals surface area contributed by atoms with Gasteiger partial charge in [-0.05, 0) is 6.07 Å². The van der Waals surface area contributed by atoms with Gasteiger partial charge in [0.15, 0.2) is 0 Å². The summed E-state index contributed by atoms with van der Waals surface area (Å²) < 4.78 is 5.61. The van der Waals surface area contributed by atoms with Crippen LogP contribution in [0.3, 0.4) is 0 Å². The Balaban J connectivity index is 0.00000169. The molecular formula is C8H11ClN2O3. The number of nitrogens with two attached hydrogens (primary N) is 1. The summed E-state index contributed by atoms with van der Waals surface area (Å²) in [7, 11) is 1.26.